The van der Waals surface area contributed by atoms with Crippen LogP contribution in [0.5, 0.6) is 11.5 Å². The number of ether oxygens (including phenoxy) is 2. The molecule has 6 heteroatoms. The number of halogens is 2. The predicted octanol–water partition coefficient (Wildman–Crippen LogP) is 15.3. The van der Waals surface area contributed by atoms with Gasteiger partial charge in [-0.05, 0) is 80.0 Å². The Hall–Kier alpha value is -2.36. The molecule has 0 aromatic heterocycles. The molecule has 4 aromatic rings. The number of hydrogen-bond donors (Lipinski definition) is 0. The molecule has 2 nitrogen and oxygen atoms in total. The third-order valence-corrected chi connectivity index (χ3v) is 14.4. The van der Waals surface area contributed by atoms with Crippen molar-refractivity contribution in [1.29, 1.82) is 0 Å². The summed E-state index contributed by atoms with van der Waals surface area (Å²) < 4.78 is 12.6. The molecule has 0 saturated carbocycles. The molecular weight excluding hydrogens is 847 g/mol. The zero-order valence-corrected chi connectivity index (χ0v) is 43.7. The van der Waals surface area contributed by atoms with Gasteiger partial charge in [0.05, 0.1) is 14.2 Å². The van der Waals surface area contributed by atoms with Crippen molar-refractivity contribution < 1.29 is 30.3 Å². The molecule has 4 aromatic carbocycles. The van der Waals surface area contributed by atoms with Crippen LogP contribution < -0.4 is 9.47 Å². The van der Waals surface area contributed by atoms with E-state index in [2.05, 4.69) is 170 Å². The van der Waals surface area contributed by atoms with Crippen molar-refractivity contribution in [3.05, 3.63) is 116 Å². The van der Waals surface area contributed by atoms with Crippen LogP contribution in [0, 0.1) is 0 Å². The first kappa shape index (κ1) is 46.7. The van der Waals surface area contributed by atoms with Gasteiger partial charge in [-0.3, -0.25) is 0 Å². The summed E-state index contributed by atoms with van der Waals surface area (Å²) in [5, 5.41) is 0. The summed E-state index contributed by atoms with van der Waals surface area (Å²) in [6, 6.07) is 26.0. The molecule has 58 heavy (non-hydrogen) atoms. The Kier molecular flexibility index (Phi) is 14.4. The fourth-order valence-corrected chi connectivity index (χ4v) is 11.7. The van der Waals surface area contributed by atoms with Crippen LogP contribution >= 0.6 is 17.0 Å². The van der Waals surface area contributed by atoms with E-state index in [4.69, 9.17) is 26.5 Å². The minimum atomic E-state index is -0.826. The number of methoxy groups -OCH3 is 2. The van der Waals surface area contributed by atoms with Gasteiger partial charge in [-0.15, -0.1) is 0 Å². The van der Waals surface area contributed by atoms with Gasteiger partial charge in [0.2, 0.25) is 0 Å². The van der Waals surface area contributed by atoms with Gasteiger partial charge in [0.25, 0.3) is 0 Å². The van der Waals surface area contributed by atoms with Crippen molar-refractivity contribution in [2.75, 3.05) is 14.2 Å². The molecule has 0 spiro atoms. The zero-order valence-electron chi connectivity index (χ0n) is 38.3. The van der Waals surface area contributed by atoms with Gasteiger partial charge in [-0.25, -0.2) is 0 Å². The molecule has 0 fully saturated rings. The molecule has 0 N–H and O–H groups in total. The van der Waals surface area contributed by atoms with E-state index >= 15 is 0 Å². The van der Waals surface area contributed by atoms with Crippen molar-refractivity contribution in [3.63, 3.8) is 0 Å². The van der Waals surface area contributed by atoms with Gasteiger partial charge in [-0.1, -0.05) is 179 Å². The summed E-state index contributed by atoms with van der Waals surface area (Å²) in [4.78, 5) is 0. The molecule has 2 aliphatic rings. The van der Waals surface area contributed by atoms with Gasteiger partial charge in [0, 0.05) is 43.6 Å². The molecule has 2 aliphatic carbocycles. The summed E-state index contributed by atoms with van der Waals surface area (Å²) in [7, 11) is 13.1. The van der Waals surface area contributed by atoms with E-state index in [-0.39, 0.29) is 21.7 Å². The number of allylic oxidation sites excluding steroid dienone is 2. The second-order valence-corrected chi connectivity index (χ2v) is 26.3. The molecule has 310 valence electrons. The summed E-state index contributed by atoms with van der Waals surface area (Å²) in [5.41, 5.74) is 19.1. The molecule has 0 radical (unpaired) electrons. The van der Waals surface area contributed by atoms with Crippen molar-refractivity contribution >= 4 is 38.7 Å². The quantitative estimate of drug-likeness (QED) is 0.164. The van der Waals surface area contributed by atoms with Crippen molar-refractivity contribution in [2.24, 2.45) is 0 Å². The third-order valence-electron chi connectivity index (χ3n) is 12.4. The van der Waals surface area contributed by atoms with E-state index in [1.807, 2.05) is 14.2 Å². The van der Waals surface area contributed by atoms with Crippen LogP contribution in [-0.2, 0) is 42.5 Å². The van der Waals surface area contributed by atoms with E-state index in [1.165, 1.54) is 90.0 Å². The van der Waals surface area contributed by atoms with Crippen molar-refractivity contribution in [1.82, 2.24) is 0 Å². The molecule has 0 aliphatic heterocycles. The normalized spacial score (nSPS) is 16.7. The molecular formula is C52H68Cl2O2SiZr. The van der Waals surface area contributed by atoms with Crippen LogP contribution in [0.2, 0.25) is 12.1 Å². The molecule has 0 heterocycles. The maximum atomic E-state index is 6.32. The Bertz CT molecular complexity index is 2020. The summed E-state index contributed by atoms with van der Waals surface area (Å²) in [5.74, 6) is 2.94. The van der Waals surface area contributed by atoms with E-state index in [1.54, 1.807) is 0 Å². The topological polar surface area (TPSA) is 18.5 Å². The number of fused-ring (bicyclic) bond motifs is 2. The number of rotatable bonds is 8. The predicted molar refractivity (Wildman–Crippen MR) is 254 cm³/mol. The monoisotopic (exact) mass is 912 g/mol. The first-order chi connectivity index (χ1) is 27.0. The van der Waals surface area contributed by atoms with Gasteiger partial charge < -0.3 is 9.47 Å². The van der Waals surface area contributed by atoms with Crippen LogP contribution in [0.25, 0.3) is 34.4 Å². The first-order valence-electron chi connectivity index (χ1n) is 21.0. The van der Waals surface area contributed by atoms with E-state index in [0.717, 1.165) is 11.5 Å². The Labute approximate surface area is 373 Å². The number of benzene rings is 4. The van der Waals surface area contributed by atoms with E-state index in [0.29, 0.717) is 11.8 Å². The van der Waals surface area contributed by atoms with Crippen LogP contribution in [0.1, 0.15) is 153 Å². The Balaban J connectivity index is 0.00000207. The molecule has 2 atom stereocenters. The maximum absolute atomic E-state index is 6.32. The van der Waals surface area contributed by atoms with Crippen molar-refractivity contribution in [2.45, 2.75) is 143 Å². The van der Waals surface area contributed by atoms with Crippen LogP contribution in [-0.4, -0.2) is 23.7 Å². The molecule has 2 unspecified atom stereocenters. The SMILES string of the molecule is COc1c(C(C)(C)C)cc2c(c1-c1ccc(C(C)(C)C)cc1)C=C(C)C2C[SiH2]CC1C(C)=Cc2c1cc(C(C)(C)C)c(OC)c2-c1ccc(C(C)(C)C)cc1.[Cl][Zr][Cl]. The average molecular weight is 915 g/mol. The van der Waals surface area contributed by atoms with Crippen LogP contribution in [0.15, 0.2) is 71.8 Å². The summed E-state index contributed by atoms with van der Waals surface area (Å²) in [6.07, 6.45) is 4.96. The Morgan fingerprint density at radius 3 is 1.10 bits per heavy atom. The average Bonchev–Trinajstić information content (AvgIpc) is 3.62. The van der Waals surface area contributed by atoms with E-state index < -0.39 is 30.4 Å². The molecule has 0 bridgehead atoms. The van der Waals surface area contributed by atoms with Crippen LogP contribution in [0.4, 0.5) is 0 Å². The minimum absolute atomic E-state index is 0.0506. The summed E-state index contributed by atoms with van der Waals surface area (Å²) in [6.45, 7) is 32.4. The zero-order chi connectivity index (χ0) is 43.1. The molecule has 0 amide bonds. The Morgan fingerprint density at radius 1 is 0.534 bits per heavy atom. The Morgan fingerprint density at radius 2 is 0.845 bits per heavy atom. The second kappa shape index (κ2) is 17.9. The van der Waals surface area contributed by atoms with Crippen molar-refractivity contribution in [3.8, 4) is 33.8 Å². The standard InChI is InChI=1S/C52H68O2Si.2ClH.Zr/c1-31-25-39-37(27-43(51(9,10)11)47(53-15)45(39)33-17-21-35(22-18-33)49(3,4)5)41(31)29-55-30-42-32(2)26-40-38(42)28-44(52(12,13)14)48(54-16)46(40)34-19-23-36(24-20-34)50(6,7)8;;;/h17-28,41-42H,29-30,55H2,1-16H3;2*1H;/q;;;+2/p-2. The fourth-order valence-electron chi connectivity index (χ4n) is 9.11. The van der Waals surface area contributed by atoms with Gasteiger partial charge in [-0.2, -0.15) is 0 Å². The van der Waals surface area contributed by atoms with Gasteiger partial charge in [0.15, 0.2) is 0 Å². The third kappa shape index (κ3) is 9.72. The van der Waals surface area contributed by atoms with Crippen LogP contribution in [0.3, 0.4) is 0 Å². The first-order valence-corrected chi connectivity index (χ1v) is 29.4. The second-order valence-electron chi connectivity index (χ2n) is 20.7. The number of hydrogen-bond acceptors (Lipinski definition) is 2. The molecule has 0 saturated heterocycles. The summed E-state index contributed by atoms with van der Waals surface area (Å²) >= 11 is -0.826. The molecule has 6 rings (SSSR count). The fraction of sp³-hybridized carbons (Fsp3) is 0.462. The van der Waals surface area contributed by atoms with E-state index in [9.17, 15) is 0 Å². The van der Waals surface area contributed by atoms with Gasteiger partial charge in [0.1, 0.15) is 11.5 Å². The van der Waals surface area contributed by atoms with Gasteiger partial charge >= 0.3 is 37.9 Å².